The lowest BCUT2D eigenvalue weighted by Crippen LogP contribution is -1.90. The van der Waals surface area contributed by atoms with Crippen LogP contribution in [0, 0.1) is 0 Å². The molecule has 0 fully saturated rings. The zero-order chi connectivity index (χ0) is 6.41. The van der Waals surface area contributed by atoms with Crippen molar-refractivity contribution in [3.8, 4) is 0 Å². The summed E-state index contributed by atoms with van der Waals surface area (Å²) in [7, 11) is 1.39. The molecule has 0 atom stereocenters. The molecule has 0 rings (SSSR count). The van der Waals surface area contributed by atoms with E-state index in [1.54, 1.807) is 0 Å². The molecule has 0 bridgehead atoms. The molecule has 0 spiro atoms. The number of hydrogen-bond donors (Lipinski definition) is 0. The molecule has 0 amide bonds. The molecule has 0 aromatic rings. The third-order valence-corrected chi connectivity index (χ3v) is 0.847. The van der Waals surface area contributed by atoms with Crippen molar-refractivity contribution in [3.05, 3.63) is 0 Å². The minimum atomic E-state index is 0.394. The second-order valence-electron chi connectivity index (χ2n) is 1.45. The normalized spacial score (nSPS) is 10.5. The predicted molar refractivity (Wildman–Crippen MR) is 31.9 cm³/mol. The molecule has 3 nitrogen and oxygen atoms in total. The second-order valence-corrected chi connectivity index (χ2v) is 2.72. The van der Waals surface area contributed by atoms with Crippen molar-refractivity contribution in [3.63, 3.8) is 0 Å². The van der Waals surface area contributed by atoms with Gasteiger partial charge in [0.05, 0.1) is 7.11 Å². The van der Waals surface area contributed by atoms with Crippen molar-refractivity contribution in [1.82, 2.24) is 0 Å². The van der Waals surface area contributed by atoms with E-state index in [2.05, 4.69) is 14.3 Å². The fourth-order valence-corrected chi connectivity index (χ4v) is 0.367. The van der Waals surface area contributed by atoms with E-state index in [1.807, 2.05) is 13.8 Å². The van der Waals surface area contributed by atoms with Crippen molar-refractivity contribution in [2.75, 3.05) is 7.11 Å². The highest BCUT2D eigenvalue weighted by Crippen LogP contribution is 2.09. The molecule has 4 heteroatoms. The first-order chi connectivity index (χ1) is 3.77. The molecule has 8 heavy (non-hydrogen) atoms. The van der Waals surface area contributed by atoms with Gasteiger partial charge >= 0.3 is 0 Å². The molecule has 0 saturated heterocycles. The first-order valence-corrected chi connectivity index (χ1v) is 3.10. The SMILES string of the molecule is COOOSC(C)C. The summed E-state index contributed by atoms with van der Waals surface area (Å²) in [6.45, 7) is 3.98. The molecule has 0 heterocycles. The third kappa shape index (κ3) is 6.23. The summed E-state index contributed by atoms with van der Waals surface area (Å²) in [5.41, 5.74) is 0. The Hall–Kier alpha value is 0.230. The van der Waals surface area contributed by atoms with Gasteiger partial charge in [0, 0.05) is 17.3 Å². The largest absolute Gasteiger partial charge is 0.209 e. The highest BCUT2D eigenvalue weighted by Gasteiger charge is 1.93. The van der Waals surface area contributed by atoms with Gasteiger partial charge in [-0.2, -0.15) is 0 Å². The summed E-state index contributed by atoms with van der Waals surface area (Å²) in [5.74, 6) is 0. The van der Waals surface area contributed by atoms with Gasteiger partial charge in [-0.3, -0.25) is 0 Å². The van der Waals surface area contributed by atoms with Crippen LogP contribution in [0.25, 0.3) is 0 Å². The Bertz CT molecular complexity index is 48.5. The van der Waals surface area contributed by atoms with E-state index in [0.29, 0.717) is 5.25 Å². The summed E-state index contributed by atoms with van der Waals surface area (Å²) < 4.78 is 4.44. The van der Waals surface area contributed by atoms with Gasteiger partial charge in [-0.25, -0.2) is 4.89 Å². The molecule has 0 aliphatic heterocycles. The molecule has 0 radical (unpaired) electrons. The molecule has 0 unspecified atom stereocenters. The van der Waals surface area contributed by atoms with E-state index in [-0.39, 0.29) is 0 Å². The Balaban J connectivity index is 2.72. The van der Waals surface area contributed by atoms with Gasteiger partial charge in [0.2, 0.25) is 0 Å². The van der Waals surface area contributed by atoms with Crippen LogP contribution in [0.15, 0.2) is 0 Å². The van der Waals surface area contributed by atoms with E-state index < -0.39 is 0 Å². The Morgan fingerprint density at radius 2 is 2.00 bits per heavy atom. The Morgan fingerprint density at radius 3 is 2.38 bits per heavy atom. The summed E-state index contributed by atoms with van der Waals surface area (Å²) in [6, 6.07) is 0. The zero-order valence-electron chi connectivity index (χ0n) is 5.21. The summed E-state index contributed by atoms with van der Waals surface area (Å²) in [5, 5.41) is 4.50. The van der Waals surface area contributed by atoms with Crippen LogP contribution < -0.4 is 0 Å². The molecular formula is C4H10O3S. The summed E-state index contributed by atoms with van der Waals surface area (Å²) in [6.07, 6.45) is 0. The smallest absolute Gasteiger partial charge is 0.0744 e. The fourth-order valence-electron chi connectivity index (χ4n) is 0.122. The van der Waals surface area contributed by atoms with Crippen LogP contribution in [0.5, 0.6) is 0 Å². The molecule has 0 aliphatic carbocycles. The van der Waals surface area contributed by atoms with E-state index in [9.17, 15) is 0 Å². The molecule has 0 aromatic carbocycles. The van der Waals surface area contributed by atoms with Gasteiger partial charge < -0.3 is 0 Å². The monoisotopic (exact) mass is 138 g/mol. The van der Waals surface area contributed by atoms with Crippen molar-refractivity contribution in [2.45, 2.75) is 19.1 Å². The Morgan fingerprint density at radius 1 is 1.38 bits per heavy atom. The molecule has 0 saturated carbocycles. The molecular weight excluding hydrogens is 128 g/mol. The van der Waals surface area contributed by atoms with E-state index in [4.69, 9.17) is 0 Å². The minimum absolute atomic E-state index is 0.394. The van der Waals surface area contributed by atoms with Crippen LogP contribution in [-0.2, 0) is 14.3 Å². The van der Waals surface area contributed by atoms with Gasteiger partial charge in [0.25, 0.3) is 0 Å². The first-order valence-electron chi connectivity index (χ1n) is 2.30. The second kappa shape index (κ2) is 5.37. The van der Waals surface area contributed by atoms with Gasteiger partial charge in [-0.05, 0) is 0 Å². The molecule has 50 valence electrons. The van der Waals surface area contributed by atoms with Crippen LogP contribution in [-0.4, -0.2) is 12.4 Å². The summed E-state index contributed by atoms with van der Waals surface area (Å²) in [4.78, 5) is 4.15. The Kier molecular flexibility index (Phi) is 5.52. The van der Waals surface area contributed by atoms with Gasteiger partial charge in [0.15, 0.2) is 0 Å². The van der Waals surface area contributed by atoms with Gasteiger partial charge in [0.1, 0.15) is 0 Å². The molecule has 0 aliphatic rings. The van der Waals surface area contributed by atoms with Crippen LogP contribution in [0.3, 0.4) is 0 Å². The average molecular weight is 138 g/mol. The topological polar surface area (TPSA) is 27.7 Å². The number of hydrogen-bond acceptors (Lipinski definition) is 4. The number of rotatable bonds is 4. The van der Waals surface area contributed by atoms with E-state index in [1.165, 1.54) is 19.2 Å². The lowest BCUT2D eigenvalue weighted by Gasteiger charge is -1.99. The summed E-state index contributed by atoms with van der Waals surface area (Å²) >= 11 is 1.21. The van der Waals surface area contributed by atoms with Crippen molar-refractivity contribution >= 4 is 12.0 Å². The highest BCUT2D eigenvalue weighted by molar-refractivity contribution is 7.95. The quantitative estimate of drug-likeness (QED) is 0.255. The maximum absolute atomic E-state index is 4.44. The van der Waals surface area contributed by atoms with Gasteiger partial charge in [-0.15, -0.1) is 4.33 Å². The highest BCUT2D eigenvalue weighted by atomic mass is 32.2. The minimum Gasteiger partial charge on any atom is -0.209 e. The zero-order valence-corrected chi connectivity index (χ0v) is 6.03. The van der Waals surface area contributed by atoms with Crippen molar-refractivity contribution < 1.29 is 14.3 Å². The first kappa shape index (κ1) is 8.23. The molecule has 0 N–H and O–H groups in total. The van der Waals surface area contributed by atoms with Crippen molar-refractivity contribution in [2.24, 2.45) is 0 Å². The maximum Gasteiger partial charge on any atom is 0.0744 e. The maximum atomic E-state index is 4.44. The molecule has 0 aromatic heterocycles. The van der Waals surface area contributed by atoms with E-state index >= 15 is 0 Å². The van der Waals surface area contributed by atoms with Crippen LogP contribution in [0.4, 0.5) is 0 Å². The van der Waals surface area contributed by atoms with Crippen LogP contribution >= 0.6 is 12.0 Å². The Labute approximate surface area is 53.4 Å². The standard InChI is InChI=1S/C4H10O3S/c1-4(2)8-7-6-5-3/h4H,1-3H3. The lowest BCUT2D eigenvalue weighted by atomic mass is 10.6. The fraction of sp³-hybridized carbons (Fsp3) is 1.00. The lowest BCUT2D eigenvalue weighted by molar-refractivity contribution is -0.447. The third-order valence-electron chi connectivity index (χ3n) is 0.328. The van der Waals surface area contributed by atoms with Crippen LogP contribution in [0.1, 0.15) is 13.8 Å². The van der Waals surface area contributed by atoms with Crippen LogP contribution in [0.2, 0.25) is 0 Å². The van der Waals surface area contributed by atoms with Gasteiger partial charge in [-0.1, -0.05) is 18.9 Å². The van der Waals surface area contributed by atoms with E-state index in [0.717, 1.165) is 0 Å². The van der Waals surface area contributed by atoms with Crippen molar-refractivity contribution in [1.29, 1.82) is 0 Å². The average Bonchev–Trinajstić information content (AvgIpc) is 1.66. The predicted octanol–water partition coefficient (Wildman–Crippen LogP) is 1.55.